The Morgan fingerprint density at radius 2 is 0.692 bits per heavy atom. The van der Waals surface area contributed by atoms with Gasteiger partial charge in [0.1, 0.15) is 0 Å². The molecule has 186 valence electrons. The van der Waals surface area contributed by atoms with Crippen LogP contribution < -0.4 is 0 Å². The first kappa shape index (κ1) is 23.8. The molecule has 0 spiro atoms. The minimum atomic E-state index is 0.785. The first-order chi connectivity index (χ1) is 19.3. The van der Waals surface area contributed by atoms with Gasteiger partial charge in [-0.2, -0.15) is 0 Å². The van der Waals surface area contributed by atoms with Gasteiger partial charge in [-0.1, -0.05) is 36.4 Å². The van der Waals surface area contributed by atoms with Crippen molar-refractivity contribution in [2.24, 2.45) is 0 Å². The van der Waals surface area contributed by atoms with E-state index in [1.165, 1.54) is 0 Å². The second kappa shape index (κ2) is 10.5. The summed E-state index contributed by atoms with van der Waals surface area (Å²) in [5.41, 5.74) is 7.88. The summed E-state index contributed by atoms with van der Waals surface area (Å²) in [6, 6.07) is 34.9. The zero-order valence-corrected chi connectivity index (χ0v) is 23.0. The Morgan fingerprint density at radius 1 is 0.333 bits per heavy atom. The van der Waals surface area contributed by atoms with Gasteiger partial charge in [-0.25, -0.2) is 19.9 Å². The summed E-state index contributed by atoms with van der Waals surface area (Å²) in [4.78, 5) is 23.5. The molecule has 39 heavy (non-hydrogen) atoms. The molecule has 0 aromatic carbocycles. The van der Waals surface area contributed by atoms with E-state index in [1.54, 1.807) is 34.0 Å². The molecule has 4 nitrogen and oxygen atoms in total. The molecule has 0 radical (unpaired) electrons. The smallest absolute Gasteiger partial charge is 0.0901 e. The molecule has 0 aliphatic carbocycles. The molecule has 0 atom stereocenters. The number of thiophene rings is 3. The van der Waals surface area contributed by atoms with Crippen molar-refractivity contribution in [1.82, 2.24) is 19.9 Å². The van der Waals surface area contributed by atoms with Gasteiger partial charge in [-0.15, -0.1) is 34.0 Å². The summed E-state index contributed by atoms with van der Waals surface area (Å²) in [6.45, 7) is 0. The van der Waals surface area contributed by atoms with E-state index in [1.807, 2.05) is 54.6 Å². The quantitative estimate of drug-likeness (QED) is 0.205. The molecule has 0 aliphatic rings. The van der Waals surface area contributed by atoms with Crippen molar-refractivity contribution in [2.75, 3.05) is 0 Å². The lowest BCUT2D eigenvalue weighted by Gasteiger charge is -2.11. The van der Waals surface area contributed by atoms with E-state index in [-0.39, 0.29) is 0 Å². The van der Waals surface area contributed by atoms with Gasteiger partial charge < -0.3 is 0 Å². The van der Waals surface area contributed by atoms with E-state index >= 15 is 0 Å². The number of hydrogen-bond donors (Lipinski definition) is 0. The second-order valence-corrected chi connectivity index (χ2v) is 11.6. The van der Waals surface area contributed by atoms with E-state index < -0.39 is 0 Å². The number of pyridine rings is 4. The van der Waals surface area contributed by atoms with Crippen molar-refractivity contribution in [1.29, 1.82) is 0 Å². The van der Waals surface area contributed by atoms with Crippen LogP contribution >= 0.6 is 34.0 Å². The molecule has 0 unspecified atom stereocenters. The fraction of sp³-hybridized carbons (Fsp3) is 0. The highest BCUT2D eigenvalue weighted by Crippen LogP contribution is 2.33. The fourth-order valence-corrected chi connectivity index (χ4v) is 6.46. The minimum absolute atomic E-state index is 0.785. The van der Waals surface area contributed by atoms with Gasteiger partial charge >= 0.3 is 0 Å². The number of nitrogens with zero attached hydrogens (tertiary/aromatic N) is 4. The lowest BCUT2D eigenvalue weighted by atomic mass is 10.1. The van der Waals surface area contributed by atoms with Crippen LogP contribution in [0.5, 0.6) is 0 Å². The molecule has 0 amide bonds. The third kappa shape index (κ3) is 4.95. The van der Waals surface area contributed by atoms with E-state index in [2.05, 4.69) is 64.7 Å². The lowest BCUT2D eigenvalue weighted by Crippen LogP contribution is -1.96. The normalized spacial score (nSPS) is 11.1. The summed E-state index contributed by atoms with van der Waals surface area (Å²) in [5, 5.41) is 6.21. The zero-order valence-electron chi connectivity index (χ0n) is 20.6. The monoisotopic (exact) mass is 556 g/mol. The number of aromatic nitrogens is 4. The fourth-order valence-electron chi connectivity index (χ4n) is 4.38. The first-order valence-electron chi connectivity index (χ1n) is 12.4. The molecule has 0 aliphatic heterocycles. The molecule has 7 heterocycles. The Bertz CT molecular complexity index is 1630. The maximum Gasteiger partial charge on any atom is 0.0901 e. The van der Waals surface area contributed by atoms with Crippen LogP contribution in [-0.4, -0.2) is 19.9 Å². The highest BCUT2D eigenvalue weighted by molar-refractivity contribution is 7.14. The van der Waals surface area contributed by atoms with E-state index in [0.717, 1.165) is 65.7 Å². The van der Waals surface area contributed by atoms with Crippen molar-refractivity contribution in [3.63, 3.8) is 0 Å². The predicted octanol–water partition coefficient (Wildman–Crippen LogP) is 9.45. The standard InChI is InChI=1S/C32H20N4S3/c1-7-22(33-25(10-1)30-13-4-16-37-30)21-19-28(23-8-2-11-26(34-23)31-14-5-17-38-31)36-29(20-21)24-9-3-12-27(35-24)32-15-6-18-39-32/h1-20H. The molecule has 7 heteroatoms. The van der Waals surface area contributed by atoms with E-state index in [9.17, 15) is 0 Å². The maximum atomic E-state index is 5.07. The lowest BCUT2D eigenvalue weighted by molar-refractivity contribution is 1.22. The molecule has 7 aromatic rings. The van der Waals surface area contributed by atoms with Gasteiger partial charge in [-0.05, 0) is 82.9 Å². The van der Waals surface area contributed by atoms with Crippen LogP contribution in [0.1, 0.15) is 0 Å². The van der Waals surface area contributed by atoms with Crippen molar-refractivity contribution >= 4 is 34.0 Å². The highest BCUT2D eigenvalue weighted by atomic mass is 32.1. The largest absolute Gasteiger partial charge is 0.247 e. The molecule has 0 saturated carbocycles. The van der Waals surface area contributed by atoms with Gasteiger partial charge in [0.05, 0.1) is 60.2 Å². The molecule has 0 fully saturated rings. The van der Waals surface area contributed by atoms with E-state index in [0.29, 0.717) is 0 Å². The van der Waals surface area contributed by atoms with E-state index in [4.69, 9.17) is 19.9 Å². The van der Waals surface area contributed by atoms with Gasteiger partial charge in [0.2, 0.25) is 0 Å². The predicted molar refractivity (Wildman–Crippen MR) is 164 cm³/mol. The SMILES string of the molecule is c1cc(-c2cc(-c3cccc(-c4cccs4)n3)nc(-c3cccc(-c4cccs4)n3)c2)nc(-c2cccs2)c1. The minimum Gasteiger partial charge on any atom is -0.247 e. The molecule has 0 bridgehead atoms. The van der Waals surface area contributed by atoms with Crippen molar-refractivity contribution in [2.45, 2.75) is 0 Å². The molecular weight excluding hydrogens is 537 g/mol. The summed E-state index contributed by atoms with van der Waals surface area (Å²) < 4.78 is 0. The molecular formula is C32H20N4S3. The summed E-state index contributed by atoms with van der Waals surface area (Å²) >= 11 is 5.05. The second-order valence-electron chi connectivity index (χ2n) is 8.78. The van der Waals surface area contributed by atoms with Gasteiger partial charge in [0, 0.05) is 5.56 Å². The van der Waals surface area contributed by atoms with Crippen molar-refractivity contribution in [3.8, 4) is 65.7 Å². The zero-order chi connectivity index (χ0) is 26.0. The highest BCUT2D eigenvalue weighted by Gasteiger charge is 2.14. The Hall–Kier alpha value is -4.30. The summed E-state index contributed by atoms with van der Waals surface area (Å²) in [6.07, 6.45) is 0. The van der Waals surface area contributed by atoms with Crippen LogP contribution in [0.15, 0.2) is 119 Å². The van der Waals surface area contributed by atoms with Crippen LogP contribution in [0.25, 0.3) is 65.7 Å². The van der Waals surface area contributed by atoms with Gasteiger partial charge in [-0.3, -0.25) is 0 Å². The number of hydrogen-bond acceptors (Lipinski definition) is 7. The molecule has 0 N–H and O–H groups in total. The van der Waals surface area contributed by atoms with Gasteiger partial charge in [0.25, 0.3) is 0 Å². The number of rotatable bonds is 6. The Kier molecular flexibility index (Phi) is 6.38. The summed E-state index contributed by atoms with van der Waals surface area (Å²) in [5.74, 6) is 0. The van der Waals surface area contributed by atoms with Crippen LogP contribution in [0.2, 0.25) is 0 Å². The topological polar surface area (TPSA) is 51.6 Å². The van der Waals surface area contributed by atoms with Crippen LogP contribution in [0, 0.1) is 0 Å². The first-order valence-corrected chi connectivity index (χ1v) is 15.0. The molecule has 7 aromatic heterocycles. The summed E-state index contributed by atoms with van der Waals surface area (Å²) in [7, 11) is 0. The van der Waals surface area contributed by atoms with Crippen molar-refractivity contribution in [3.05, 3.63) is 119 Å². The van der Waals surface area contributed by atoms with Crippen LogP contribution in [0.3, 0.4) is 0 Å². The van der Waals surface area contributed by atoms with Crippen molar-refractivity contribution < 1.29 is 0 Å². The Morgan fingerprint density at radius 3 is 1.10 bits per heavy atom. The van der Waals surface area contributed by atoms with Crippen LogP contribution in [0.4, 0.5) is 0 Å². The third-order valence-corrected chi connectivity index (χ3v) is 8.89. The average Bonchev–Trinajstić information content (AvgIpc) is 3.81. The van der Waals surface area contributed by atoms with Crippen LogP contribution in [-0.2, 0) is 0 Å². The molecule has 7 rings (SSSR count). The molecule has 0 saturated heterocycles. The average molecular weight is 557 g/mol. The van der Waals surface area contributed by atoms with Gasteiger partial charge in [0.15, 0.2) is 0 Å². The third-order valence-electron chi connectivity index (χ3n) is 6.21. The Balaban J connectivity index is 1.39. The maximum absolute atomic E-state index is 5.07. The Labute approximate surface area is 238 Å².